The van der Waals surface area contributed by atoms with E-state index < -0.39 is 0 Å². The number of anilines is 1. The van der Waals surface area contributed by atoms with Gasteiger partial charge in [-0.2, -0.15) is 0 Å². The summed E-state index contributed by atoms with van der Waals surface area (Å²) in [6.07, 6.45) is 8.89. The molecule has 0 bridgehead atoms. The average molecular weight is 310 g/mol. The highest BCUT2D eigenvalue weighted by atomic mass is 35.5. The minimum atomic E-state index is 0.288. The van der Waals surface area contributed by atoms with Gasteiger partial charge in [-0.15, -0.1) is 0 Å². The maximum atomic E-state index is 5.93. The molecular formula is C20H20ClN. The summed E-state index contributed by atoms with van der Waals surface area (Å²) in [5.74, 6) is 0. The van der Waals surface area contributed by atoms with Gasteiger partial charge in [0.1, 0.15) is 0 Å². The third-order valence-corrected chi connectivity index (χ3v) is 4.27. The molecule has 1 atom stereocenters. The smallest absolute Gasteiger partial charge is 0.0663 e. The Hall–Kier alpha value is -1.99. The maximum Gasteiger partial charge on any atom is 0.0663 e. The number of nitrogens with zero attached hydrogens (tertiary/aromatic N) is 1. The summed E-state index contributed by atoms with van der Waals surface area (Å²) in [7, 11) is 0. The van der Waals surface area contributed by atoms with Crippen LogP contribution in [0.3, 0.4) is 0 Å². The molecule has 1 heterocycles. The molecule has 3 rings (SSSR count). The lowest BCUT2D eigenvalue weighted by molar-refractivity contribution is 0.806. The van der Waals surface area contributed by atoms with Crippen LogP contribution in [0.5, 0.6) is 0 Å². The summed E-state index contributed by atoms with van der Waals surface area (Å²) in [6, 6.07) is 14.9. The number of hydrogen-bond acceptors (Lipinski definition) is 1. The Balaban J connectivity index is 1.86. The van der Waals surface area contributed by atoms with Crippen molar-refractivity contribution in [3.63, 3.8) is 0 Å². The molecule has 2 heteroatoms. The van der Waals surface area contributed by atoms with Gasteiger partial charge in [0.2, 0.25) is 0 Å². The van der Waals surface area contributed by atoms with E-state index in [9.17, 15) is 0 Å². The molecule has 2 aromatic carbocycles. The van der Waals surface area contributed by atoms with Gasteiger partial charge in [-0.25, -0.2) is 0 Å². The first-order valence-corrected chi connectivity index (χ1v) is 8.04. The lowest BCUT2D eigenvalue weighted by Gasteiger charge is -2.33. The normalized spacial score (nSPS) is 17.0. The number of rotatable bonds is 3. The number of benzene rings is 2. The number of fused-ring (bicyclic) bond motifs is 1. The van der Waals surface area contributed by atoms with Crippen molar-refractivity contribution in [2.24, 2.45) is 0 Å². The van der Waals surface area contributed by atoms with Crippen LogP contribution in [0.1, 0.15) is 23.6 Å². The highest BCUT2D eigenvalue weighted by Gasteiger charge is 2.18. The van der Waals surface area contributed by atoms with E-state index in [-0.39, 0.29) is 6.04 Å². The lowest BCUT2D eigenvalue weighted by Crippen LogP contribution is -2.34. The van der Waals surface area contributed by atoms with Crippen LogP contribution in [0, 0.1) is 6.92 Å². The van der Waals surface area contributed by atoms with Gasteiger partial charge in [-0.1, -0.05) is 59.7 Å². The van der Waals surface area contributed by atoms with Gasteiger partial charge in [0.05, 0.1) is 6.04 Å². The molecule has 0 amide bonds. The van der Waals surface area contributed by atoms with Crippen molar-refractivity contribution < 1.29 is 0 Å². The molecular weight excluding hydrogens is 290 g/mol. The van der Waals surface area contributed by atoms with Gasteiger partial charge >= 0.3 is 0 Å². The molecule has 1 nitrogen and oxygen atoms in total. The first-order chi connectivity index (χ1) is 10.7. The Bertz CT molecular complexity index is 713. The number of aryl methyl sites for hydroxylation is 1. The highest BCUT2D eigenvalue weighted by Crippen LogP contribution is 2.30. The Kier molecular flexibility index (Phi) is 4.35. The molecule has 0 radical (unpaired) electrons. The van der Waals surface area contributed by atoms with E-state index in [0.29, 0.717) is 0 Å². The van der Waals surface area contributed by atoms with E-state index in [1.54, 1.807) is 0 Å². The molecule has 2 aromatic rings. The van der Waals surface area contributed by atoms with Crippen molar-refractivity contribution in [1.29, 1.82) is 0 Å². The second-order valence-electron chi connectivity index (χ2n) is 5.61. The molecule has 0 aromatic heterocycles. The van der Waals surface area contributed by atoms with Crippen molar-refractivity contribution in [2.45, 2.75) is 19.9 Å². The standard InChI is InChI=1S/C20H20ClN/c1-3-22-19(11-7-16-5-9-18(21)10-6-16)12-8-17-14-15(2)4-13-20(17)22/h4-14,19H,3H2,1-2H3/b11-7+. The van der Waals surface area contributed by atoms with Crippen molar-refractivity contribution in [1.82, 2.24) is 0 Å². The van der Waals surface area contributed by atoms with E-state index in [4.69, 9.17) is 11.6 Å². The largest absolute Gasteiger partial charge is 0.361 e. The molecule has 22 heavy (non-hydrogen) atoms. The predicted molar refractivity (Wildman–Crippen MR) is 97.5 cm³/mol. The topological polar surface area (TPSA) is 3.24 Å². The average Bonchev–Trinajstić information content (AvgIpc) is 2.53. The second-order valence-corrected chi connectivity index (χ2v) is 6.05. The zero-order chi connectivity index (χ0) is 15.5. The first-order valence-electron chi connectivity index (χ1n) is 7.66. The molecule has 0 saturated carbocycles. The molecule has 112 valence electrons. The van der Waals surface area contributed by atoms with Crippen molar-refractivity contribution in [3.05, 3.63) is 76.3 Å². The summed E-state index contributed by atoms with van der Waals surface area (Å²) in [6.45, 7) is 5.32. The Morgan fingerprint density at radius 2 is 1.91 bits per heavy atom. The van der Waals surface area contributed by atoms with Gasteiger partial charge in [-0.05, 0) is 49.2 Å². The fraction of sp³-hybridized carbons (Fsp3) is 0.200. The third kappa shape index (κ3) is 3.10. The SMILES string of the molecule is CCN1c2ccc(C)cc2C=CC1/C=C/c1ccc(Cl)cc1. The highest BCUT2D eigenvalue weighted by molar-refractivity contribution is 6.30. The number of halogens is 1. The molecule has 1 aliphatic heterocycles. The second kappa shape index (κ2) is 6.41. The summed E-state index contributed by atoms with van der Waals surface area (Å²) >= 11 is 5.93. The zero-order valence-electron chi connectivity index (χ0n) is 13.0. The van der Waals surface area contributed by atoms with Gasteiger partial charge in [0.25, 0.3) is 0 Å². The van der Waals surface area contributed by atoms with E-state index >= 15 is 0 Å². The van der Waals surface area contributed by atoms with E-state index in [0.717, 1.165) is 11.6 Å². The van der Waals surface area contributed by atoms with Crippen LogP contribution < -0.4 is 4.90 Å². The molecule has 0 spiro atoms. The maximum absolute atomic E-state index is 5.93. The van der Waals surface area contributed by atoms with Crippen molar-refractivity contribution >= 4 is 29.4 Å². The zero-order valence-corrected chi connectivity index (χ0v) is 13.7. The fourth-order valence-corrected chi connectivity index (χ4v) is 2.99. The van der Waals surface area contributed by atoms with Crippen molar-refractivity contribution in [3.8, 4) is 0 Å². The van der Waals surface area contributed by atoms with Crippen LogP contribution in [0.2, 0.25) is 5.02 Å². The molecule has 0 aliphatic carbocycles. The van der Waals surface area contributed by atoms with Gasteiger partial charge in [0, 0.05) is 17.3 Å². The van der Waals surface area contributed by atoms with Crippen LogP contribution in [0.4, 0.5) is 5.69 Å². The number of hydrogen-bond donors (Lipinski definition) is 0. The van der Waals surface area contributed by atoms with Gasteiger partial charge in [-0.3, -0.25) is 0 Å². The van der Waals surface area contributed by atoms with E-state index in [2.05, 4.69) is 61.3 Å². The minimum Gasteiger partial charge on any atom is -0.361 e. The van der Waals surface area contributed by atoms with Crippen LogP contribution in [-0.2, 0) is 0 Å². The molecule has 1 aliphatic rings. The van der Waals surface area contributed by atoms with Gasteiger partial charge < -0.3 is 4.90 Å². The summed E-state index contributed by atoms with van der Waals surface area (Å²) in [5, 5.41) is 0.772. The van der Waals surface area contributed by atoms with Crippen LogP contribution in [-0.4, -0.2) is 12.6 Å². The van der Waals surface area contributed by atoms with Gasteiger partial charge in [0.15, 0.2) is 0 Å². The van der Waals surface area contributed by atoms with Crippen LogP contribution in [0.25, 0.3) is 12.2 Å². The molecule has 1 unspecified atom stereocenters. The Morgan fingerprint density at radius 1 is 1.14 bits per heavy atom. The monoisotopic (exact) mass is 309 g/mol. The number of likely N-dealkylation sites (N-methyl/N-ethyl adjacent to an activating group) is 1. The molecule has 0 fully saturated rings. The quantitative estimate of drug-likeness (QED) is 0.715. The van der Waals surface area contributed by atoms with E-state index in [1.807, 2.05) is 24.3 Å². The Labute approximate surface area is 137 Å². The molecule has 0 saturated heterocycles. The summed E-state index contributed by atoms with van der Waals surface area (Å²) in [4.78, 5) is 2.42. The third-order valence-electron chi connectivity index (χ3n) is 4.02. The van der Waals surface area contributed by atoms with E-state index in [1.165, 1.54) is 22.4 Å². The predicted octanol–water partition coefficient (Wildman–Crippen LogP) is 5.58. The summed E-state index contributed by atoms with van der Waals surface area (Å²) < 4.78 is 0. The lowest BCUT2D eigenvalue weighted by atomic mass is 10.00. The van der Waals surface area contributed by atoms with Crippen molar-refractivity contribution in [2.75, 3.05) is 11.4 Å². The summed E-state index contributed by atoms with van der Waals surface area (Å²) in [5.41, 5.74) is 5.08. The van der Waals surface area contributed by atoms with Crippen LogP contribution in [0.15, 0.2) is 54.6 Å². The first kappa shape index (κ1) is 14.9. The Morgan fingerprint density at radius 3 is 2.64 bits per heavy atom. The minimum absolute atomic E-state index is 0.288. The molecule has 0 N–H and O–H groups in total. The fourth-order valence-electron chi connectivity index (χ4n) is 2.87. The van der Waals surface area contributed by atoms with Crippen LogP contribution >= 0.6 is 11.6 Å².